The molecule has 0 aliphatic carbocycles. The van der Waals surface area contributed by atoms with Gasteiger partial charge < -0.3 is 0 Å². The van der Waals surface area contributed by atoms with Crippen LogP contribution in [0, 0.1) is 19.8 Å². The van der Waals surface area contributed by atoms with Crippen molar-refractivity contribution >= 4 is 20.1 Å². The van der Waals surface area contributed by atoms with Crippen molar-refractivity contribution in [2.75, 3.05) is 6.61 Å². The molecule has 0 aromatic heterocycles. The zero-order valence-corrected chi connectivity index (χ0v) is 17.5. The van der Waals surface area contributed by atoms with Gasteiger partial charge in [0.25, 0.3) is 10.1 Å². The molecule has 0 fully saturated rings. The molecule has 148 valence electrons. The second-order valence-corrected chi connectivity index (χ2v) is 10.2. The van der Waals surface area contributed by atoms with Crippen molar-refractivity contribution in [3.05, 3.63) is 59.7 Å². The Morgan fingerprint density at radius 2 is 1.26 bits per heavy atom. The van der Waals surface area contributed by atoms with E-state index in [0.717, 1.165) is 11.1 Å². The van der Waals surface area contributed by atoms with Crippen molar-refractivity contribution in [1.82, 2.24) is 4.72 Å². The van der Waals surface area contributed by atoms with E-state index in [1.54, 1.807) is 38.1 Å². The fourth-order valence-corrected chi connectivity index (χ4v) is 4.58. The summed E-state index contributed by atoms with van der Waals surface area (Å²) in [5, 5.41) is 0. The van der Waals surface area contributed by atoms with Gasteiger partial charge in [-0.1, -0.05) is 49.2 Å². The minimum atomic E-state index is -3.97. The predicted molar refractivity (Wildman–Crippen MR) is 104 cm³/mol. The number of sulfonamides is 1. The Morgan fingerprint density at radius 3 is 1.70 bits per heavy atom. The summed E-state index contributed by atoms with van der Waals surface area (Å²) in [6, 6.07) is 12.0. The molecule has 0 unspecified atom stereocenters. The lowest BCUT2D eigenvalue weighted by Crippen LogP contribution is -2.42. The van der Waals surface area contributed by atoms with Gasteiger partial charge in [-0.15, -0.1) is 0 Å². The van der Waals surface area contributed by atoms with E-state index in [2.05, 4.69) is 4.72 Å². The number of hydrogen-bond acceptors (Lipinski definition) is 5. The molecule has 6 nitrogen and oxygen atoms in total. The average molecular weight is 412 g/mol. The monoisotopic (exact) mass is 411 g/mol. The molecule has 2 rings (SSSR count). The van der Waals surface area contributed by atoms with Crippen molar-refractivity contribution in [2.24, 2.45) is 5.92 Å². The third-order valence-corrected chi connectivity index (χ3v) is 6.96. The molecule has 0 spiro atoms. The van der Waals surface area contributed by atoms with Crippen LogP contribution in [-0.2, 0) is 24.3 Å². The minimum Gasteiger partial charge on any atom is -0.265 e. The van der Waals surface area contributed by atoms with Crippen molar-refractivity contribution in [3.63, 3.8) is 0 Å². The van der Waals surface area contributed by atoms with Crippen LogP contribution in [-0.4, -0.2) is 29.5 Å². The molecule has 2 aromatic rings. The van der Waals surface area contributed by atoms with E-state index in [4.69, 9.17) is 4.18 Å². The van der Waals surface area contributed by atoms with Crippen LogP contribution < -0.4 is 4.72 Å². The van der Waals surface area contributed by atoms with E-state index in [1.165, 1.54) is 24.3 Å². The summed E-state index contributed by atoms with van der Waals surface area (Å²) < 4.78 is 57.5. The van der Waals surface area contributed by atoms with E-state index in [-0.39, 0.29) is 22.3 Å². The number of rotatable bonds is 8. The highest BCUT2D eigenvalue weighted by atomic mass is 32.2. The van der Waals surface area contributed by atoms with Gasteiger partial charge in [-0.05, 0) is 44.0 Å². The summed E-state index contributed by atoms with van der Waals surface area (Å²) >= 11 is 0. The highest BCUT2D eigenvalue weighted by Crippen LogP contribution is 2.17. The molecule has 0 saturated carbocycles. The Kier molecular flexibility index (Phi) is 6.80. The average Bonchev–Trinajstić information content (AvgIpc) is 2.59. The van der Waals surface area contributed by atoms with Crippen molar-refractivity contribution in [1.29, 1.82) is 0 Å². The molecule has 8 heteroatoms. The van der Waals surface area contributed by atoms with Crippen LogP contribution in [0.25, 0.3) is 0 Å². The van der Waals surface area contributed by atoms with Crippen molar-refractivity contribution in [3.8, 4) is 0 Å². The SMILES string of the molecule is Cc1ccc(S(=O)(=O)N[C@H](COS(=O)(=O)c2ccc(C)cc2)C(C)C)cc1. The number of hydrogen-bond donors (Lipinski definition) is 1. The molecule has 2 aromatic carbocycles. The zero-order chi connectivity index (χ0) is 20.2. The van der Waals surface area contributed by atoms with Gasteiger partial charge in [0.05, 0.1) is 16.4 Å². The van der Waals surface area contributed by atoms with Gasteiger partial charge in [-0.2, -0.15) is 8.42 Å². The van der Waals surface area contributed by atoms with Crippen LogP contribution >= 0.6 is 0 Å². The molecule has 0 aliphatic rings. The first kappa shape index (κ1) is 21.6. The Bertz CT molecular complexity index is 964. The predicted octanol–water partition coefficient (Wildman–Crippen LogP) is 3.01. The Hall–Kier alpha value is -1.74. The first-order valence-corrected chi connectivity index (χ1v) is 11.5. The zero-order valence-electron chi connectivity index (χ0n) is 15.8. The Labute approximate surface area is 161 Å². The van der Waals surface area contributed by atoms with E-state index in [0.29, 0.717) is 0 Å². The third kappa shape index (κ3) is 5.87. The molecule has 0 amide bonds. The van der Waals surface area contributed by atoms with Gasteiger partial charge in [-0.25, -0.2) is 13.1 Å². The highest BCUT2D eigenvalue weighted by Gasteiger charge is 2.25. The van der Waals surface area contributed by atoms with Gasteiger partial charge in [0.2, 0.25) is 10.0 Å². The highest BCUT2D eigenvalue weighted by molar-refractivity contribution is 7.89. The maximum Gasteiger partial charge on any atom is 0.297 e. The summed E-state index contributed by atoms with van der Waals surface area (Å²) in [5.41, 5.74) is 1.88. The topological polar surface area (TPSA) is 89.5 Å². The maximum absolute atomic E-state index is 12.6. The summed E-state index contributed by atoms with van der Waals surface area (Å²) in [6.07, 6.45) is 0. The molecule has 0 heterocycles. The lowest BCUT2D eigenvalue weighted by atomic mass is 10.1. The van der Waals surface area contributed by atoms with E-state index < -0.39 is 26.2 Å². The van der Waals surface area contributed by atoms with E-state index >= 15 is 0 Å². The second kappa shape index (κ2) is 8.52. The Morgan fingerprint density at radius 1 is 0.815 bits per heavy atom. The molecular weight excluding hydrogens is 386 g/mol. The van der Waals surface area contributed by atoms with Gasteiger partial charge in [0, 0.05) is 6.04 Å². The van der Waals surface area contributed by atoms with Crippen LogP contribution in [0.3, 0.4) is 0 Å². The number of aryl methyl sites for hydroxylation is 2. The molecule has 0 bridgehead atoms. The number of benzene rings is 2. The van der Waals surface area contributed by atoms with E-state index in [1.807, 2.05) is 13.8 Å². The maximum atomic E-state index is 12.6. The first-order chi connectivity index (χ1) is 12.5. The quantitative estimate of drug-likeness (QED) is 0.675. The molecule has 1 N–H and O–H groups in total. The normalized spacial score (nSPS) is 13.7. The molecular formula is C19H25NO5S2. The van der Waals surface area contributed by atoms with Gasteiger partial charge in [0.1, 0.15) is 0 Å². The summed E-state index contributed by atoms with van der Waals surface area (Å²) in [6.45, 7) is 7.02. The first-order valence-electron chi connectivity index (χ1n) is 8.56. The lowest BCUT2D eigenvalue weighted by molar-refractivity contribution is 0.252. The standard InChI is InChI=1S/C19H25NO5S2/c1-14(2)19(20-26(21,22)17-9-5-15(3)6-10-17)13-25-27(23,24)18-11-7-16(4)8-12-18/h5-12,14,19-20H,13H2,1-4H3/t19-/m1/s1. The van der Waals surface area contributed by atoms with Crippen molar-refractivity contribution < 1.29 is 21.0 Å². The van der Waals surface area contributed by atoms with Gasteiger partial charge in [0.15, 0.2) is 0 Å². The summed E-state index contributed by atoms with van der Waals surface area (Å²) in [7, 11) is -7.75. The van der Waals surface area contributed by atoms with Gasteiger partial charge >= 0.3 is 0 Å². The smallest absolute Gasteiger partial charge is 0.265 e. The van der Waals surface area contributed by atoms with Gasteiger partial charge in [-0.3, -0.25) is 4.18 Å². The molecule has 27 heavy (non-hydrogen) atoms. The molecule has 0 aliphatic heterocycles. The lowest BCUT2D eigenvalue weighted by Gasteiger charge is -2.22. The van der Waals surface area contributed by atoms with Crippen molar-refractivity contribution in [2.45, 2.75) is 43.5 Å². The largest absolute Gasteiger partial charge is 0.297 e. The fourth-order valence-electron chi connectivity index (χ4n) is 2.28. The second-order valence-electron chi connectivity index (χ2n) is 6.84. The summed E-state index contributed by atoms with van der Waals surface area (Å²) in [5.74, 6) is -0.168. The Balaban J connectivity index is 2.13. The molecule has 0 saturated heterocycles. The number of nitrogens with one attached hydrogen (secondary N) is 1. The fraction of sp³-hybridized carbons (Fsp3) is 0.368. The van der Waals surface area contributed by atoms with Crippen LogP contribution in [0.2, 0.25) is 0 Å². The van der Waals surface area contributed by atoms with Crippen LogP contribution in [0.1, 0.15) is 25.0 Å². The van der Waals surface area contributed by atoms with Crippen LogP contribution in [0.5, 0.6) is 0 Å². The minimum absolute atomic E-state index is 0.0389. The van der Waals surface area contributed by atoms with Crippen LogP contribution in [0.15, 0.2) is 58.3 Å². The molecule has 0 radical (unpaired) electrons. The summed E-state index contributed by atoms with van der Waals surface area (Å²) in [4.78, 5) is 0.164. The third-order valence-electron chi connectivity index (χ3n) is 4.15. The van der Waals surface area contributed by atoms with E-state index in [9.17, 15) is 16.8 Å². The molecule has 1 atom stereocenters. The van der Waals surface area contributed by atoms with Crippen LogP contribution in [0.4, 0.5) is 0 Å².